The van der Waals surface area contributed by atoms with Crippen LogP contribution in [0.3, 0.4) is 0 Å². The first-order valence-corrected chi connectivity index (χ1v) is 17.2. The van der Waals surface area contributed by atoms with E-state index in [0.29, 0.717) is 12.8 Å². The third-order valence-corrected chi connectivity index (χ3v) is 6.64. The fraction of sp³-hybridized carbons (Fsp3) is 0.462. The van der Waals surface area contributed by atoms with Gasteiger partial charge in [0.05, 0.1) is 17.6 Å². The van der Waals surface area contributed by atoms with Gasteiger partial charge in [-0.15, -0.1) is 23.2 Å². The van der Waals surface area contributed by atoms with Crippen molar-refractivity contribution in [2.45, 2.75) is 99.1 Å². The summed E-state index contributed by atoms with van der Waals surface area (Å²) in [5.41, 5.74) is 22.0. The molecule has 0 bridgehead atoms. The minimum absolute atomic E-state index is 0.000000000000000222. The van der Waals surface area contributed by atoms with E-state index in [4.69, 9.17) is 34.2 Å². The third kappa shape index (κ3) is 30.4. The normalized spacial score (nSPS) is 10.6. The van der Waals surface area contributed by atoms with Crippen LogP contribution in [-0.4, -0.2) is 38.9 Å². The summed E-state index contributed by atoms with van der Waals surface area (Å²) < 4.78 is 0. The summed E-state index contributed by atoms with van der Waals surface area (Å²) in [5.74, 6) is 0.343. The van der Waals surface area contributed by atoms with E-state index >= 15 is 0 Å². The lowest BCUT2D eigenvalue weighted by Crippen LogP contribution is -2.34. The van der Waals surface area contributed by atoms with Gasteiger partial charge in [0.15, 0.2) is 5.11 Å². The molecule has 0 radical (unpaired) electrons. The maximum Gasteiger partial charge on any atom is 0.160 e. The molecule has 3 aromatic rings. The molecule has 0 heterocycles. The van der Waals surface area contributed by atoms with E-state index in [1.807, 2.05) is 27.7 Å². The molecule has 9 heteroatoms. The zero-order valence-electron chi connectivity index (χ0n) is 30.4. The van der Waals surface area contributed by atoms with Crippen molar-refractivity contribution in [3.8, 4) is 6.07 Å². The number of rotatable bonds is 9. The second-order valence-electron chi connectivity index (χ2n) is 14.0. The number of nitrogens with zero attached hydrogens (tertiary/aromatic N) is 1. The van der Waals surface area contributed by atoms with Crippen LogP contribution >= 0.6 is 35.4 Å². The summed E-state index contributed by atoms with van der Waals surface area (Å²) in [6, 6.07) is 27.0. The zero-order chi connectivity index (χ0) is 37.6. The first-order chi connectivity index (χ1) is 22.0. The second kappa shape index (κ2) is 24.2. The number of carbonyl (C=O) groups is 1. The molecule has 0 unspecified atom stereocenters. The summed E-state index contributed by atoms with van der Waals surface area (Å²) in [4.78, 5) is 11.3. The molecule has 3 rings (SSSR count). The molecule has 0 aromatic heterocycles. The van der Waals surface area contributed by atoms with Gasteiger partial charge < -0.3 is 22.3 Å². The lowest BCUT2D eigenvalue weighted by molar-refractivity contribution is -0.118. The summed E-state index contributed by atoms with van der Waals surface area (Å²) in [5, 5.41) is 17.0. The van der Waals surface area contributed by atoms with E-state index in [9.17, 15) is 9.90 Å². The lowest BCUT2D eigenvalue weighted by Gasteiger charge is -2.23. The molecular formula is C39H58Cl2N4O2S. The van der Waals surface area contributed by atoms with Crippen molar-refractivity contribution in [2.75, 3.05) is 11.8 Å². The maximum absolute atomic E-state index is 11.3. The van der Waals surface area contributed by atoms with Crippen LogP contribution < -0.4 is 17.2 Å². The first-order valence-electron chi connectivity index (χ1n) is 15.8. The number of nitriles is 1. The Morgan fingerprint density at radius 1 is 0.729 bits per heavy atom. The maximum atomic E-state index is 11.3. The van der Waals surface area contributed by atoms with Crippen molar-refractivity contribution < 1.29 is 9.90 Å². The topological polar surface area (TPSA) is 139 Å². The molecule has 0 spiro atoms. The molecule has 48 heavy (non-hydrogen) atoms. The van der Waals surface area contributed by atoms with Crippen LogP contribution in [0.25, 0.3) is 0 Å². The van der Waals surface area contributed by atoms with E-state index in [1.165, 1.54) is 33.4 Å². The van der Waals surface area contributed by atoms with Gasteiger partial charge in [0.2, 0.25) is 0 Å². The average molecular weight is 718 g/mol. The molecule has 7 N–H and O–H groups in total. The Labute approximate surface area is 306 Å². The highest BCUT2D eigenvalue weighted by molar-refractivity contribution is 7.80. The number of ketones is 1. The van der Waals surface area contributed by atoms with Crippen molar-refractivity contribution in [3.05, 3.63) is 106 Å². The minimum Gasteiger partial charge on any atom is -0.390 e. The number of halogens is 2. The van der Waals surface area contributed by atoms with Crippen molar-refractivity contribution in [1.82, 2.24) is 0 Å². The molecule has 0 fully saturated rings. The average Bonchev–Trinajstić information content (AvgIpc) is 2.95. The standard InChI is InChI=1S/C14H19ClO.C11H17N.C11H16O.C2H2ClN.CH4N2S/c1-11-4-6-12(7-5-11)8-14(2,3)9-13(16)10-15;2*1-9-4-6-10(7-5-9)8-11(2,3)12;3-1-2-4;2-1(3)4/h4-7H,8-10H2,1-3H3;4-7H,8,12H2,1-3H3;4-7,12H,8H2,1-3H3;1H2;(H4,2,3,4). The van der Waals surface area contributed by atoms with Gasteiger partial charge in [-0.05, 0) is 95.6 Å². The van der Waals surface area contributed by atoms with Gasteiger partial charge in [-0.1, -0.05) is 103 Å². The predicted octanol–water partition coefficient (Wildman–Crippen LogP) is 8.28. The van der Waals surface area contributed by atoms with Gasteiger partial charge in [0, 0.05) is 18.4 Å². The Morgan fingerprint density at radius 3 is 1.27 bits per heavy atom. The van der Waals surface area contributed by atoms with E-state index in [-0.39, 0.29) is 33.6 Å². The SMILES string of the molecule is Cc1ccc(CC(C)(C)CC(=O)CCl)cc1.Cc1ccc(CC(C)(C)N)cc1.Cc1ccc(CC(C)(C)O)cc1.N#CCCl.NC(N)=S. The molecule has 0 saturated heterocycles. The van der Waals surface area contributed by atoms with Crippen LogP contribution in [0.2, 0.25) is 0 Å². The summed E-state index contributed by atoms with van der Waals surface area (Å²) in [6.07, 6.45) is 3.11. The Bertz CT molecular complexity index is 1290. The van der Waals surface area contributed by atoms with Crippen molar-refractivity contribution >= 4 is 46.3 Å². The number of nitrogens with two attached hydrogens (primary N) is 3. The molecule has 0 amide bonds. The van der Waals surface area contributed by atoms with Gasteiger partial charge in [-0.25, -0.2) is 0 Å². The van der Waals surface area contributed by atoms with E-state index in [2.05, 4.69) is 131 Å². The number of hydrogen-bond acceptors (Lipinski definition) is 5. The van der Waals surface area contributed by atoms with Crippen molar-refractivity contribution in [1.29, 1.82) is 5.26 Å². The summed E-state index contributed by atoms with van der Waals surface area (Å²) >= 11 is 14.4. The number of thiocarbonyl (C=S) groups is 1. The lowest BCUT2D eigenvalue weighted by atomic mass is 9.81. The Balaban J connectivity index is 0. The van der Waals surface area contributed by atoms with Gasteiger partial charge in [0.1, 0.15) is 11.7 Å². The largest absolute Gasteiger partial charge is 0.390 e. The molecule has 3 aromatic carbocycles. The molecule has 0 aliphatic carbocycles. The first kappa shape index (κ1) is 47.1. The number of alkyl halides is 2. The number of aryl methyl sites for hydroxylation is 3. The predicted molar refractivity (Wildman–Crippen MR) is 211 cm³/mol. The smallest absolute Gasteiger partial charge is 0.160 e. The molecular weight excluding hydrogens is 659 g/mol. The fourth-order valence-electron chi connectivity index (χ4n) is 4.34. The molecule has 6 nitrogen and oxygen atoms in total. The number of Topliss-reactive ketones (excluding diaryl/α,β-unsaturated/α-hetero) is 1. The van der Waals surface area contributed by atoms with E-state index < -0.39 is 5.60 Å². The molecule has 0 atom stereocenters. The number of aliphatic hydroxyl groups is 1. The highest BCUT2D eigenvalue weighted by atomic mass is 35.5. The number of benzene rings is 3. The third-order valence-electron chi connectivity index (χ3n) is 6.23. The molecule has 0 aliphatic rings. The second-order valence-corrected chi connectivity index (χ2v) is 15.0. The van der Waals surface area contributed by atoms with Gasteiger partial charge in [-0.2, -0.15) is 5.26 Å². The quantitative estimate of drug-likeness (QED) is 0.129. The van der Waals surface area contributed by atoms with Crippen LogP contribution in [0.1, 0.15) is 81.3 Å². The van der Waals surface area contributed by atoms with Crippen molar-refractivity contribution in [2.24, 2.45) is 22.6 Å². The number of hydrogen-bond donors (Lipinski definition) is 4. The Morgan fingerprint density at radius 2 is 1.02 bits per heavy atom. The molecule has 266 valence electrons. The van der Waals surface area contributed by atoms with Crippen LogP contribution in [0.15, 0.2) is 72.8 Å². The fourth-order valence-corrected chi connectivity index (χ4v) is 4.43. The Hall–Kier alpha value is -2.99. The van der Waals surface area contributed by atoms with Crippen LogP contribution in [0.4, 0.5) is 0 Å². The van der Waals surface area contributed by atoms with Crippen LogP contribution in [0.5, 0.6) is 0 Å². The van der Waals surface area contributed by atoms with E-state index in [0.717, 1.165) is 12.8 Å². The number of carbonyl (C=O) groups excluding carboxylic acids is 1. The molecule has 0 saturated carbocycles. The summed E-state index contributed by atoms with van der Waals surface area (Å²) in [7, 11) is 0. The van der Waals surface area contributed by atoms with Gasteiger partial charge in [0.25, 0.3) is 0 Å². The van der Waals surface area contributed by atoms with Gasteiger partial charge >= 0.3 is 0 Å². The van der Waals surface area contributed by atoms with Crippen molar-refractivity contribution in [3.63, 3.8) is 0 Å². The summed E-state index contributed by atoms with van der Waals surface area (Å²) in [6.45, 7) is 18.2. The van der Waals surface area contributed by atoms with E-state index in [1.54, 1.807) is 6.07 Å². The minimum atomic E-state index is -0.602. The zero-order valence-corrected chi connectivity index (χ0v) is 32.7. The van der Waals surface area contributed by atoms with Crippen LogP contribution in [0, 0.1) is 37.5 Å². The Kier molecular flexibility index (Phi) is 23.8. The monoisotopic (exact) mass is 716 g/mol. The van der Waals surface area contributed by atoms with Crippen LogP contribution in [-0.2, 0) is 24.1 Å². The van der Waals surface area contributed by atoms with Gasteiger partial charge in [-0.3, -0.25) is 4.79 Å². The highest BCUT2D eigenvalue weighted by Crippen LogP contribution is 2.26. The molecule has 0 aliphatic heterocycles. The highest BCUT2D eigenvalue weighted by Gasteiger charge is 2.22.